The summed E-state index contributed by atoms with van der Waals surface area (Å²) < 4.78 is 0. The average Bonchev–Trinajstić information content (AvgIpc) is 3.49. The third kappa shape index (κ3) is 3.62. The molecule has 3 aromatic rings. The van der Waals surface area contributed by atoms with Gasteiger partial charge < -0.3 is 10.4 Å². The number of nitrogens with two attached hydrogens (primary N) is 3. The van der Waals surface area contributed by atoms with Crippen LogP contribution in [0.1, 0.15) is 27.5 Å². The molecule has 0 saturated carbocycles. The molecule has 38 heavy (non-hydrogen) atoms. The van der Waals surface area contributed by atoms with Crippen LogP contribution in [0.4, 0.5) is 11.4 Å². The van der Waals surface area contributed by atoms with Crippen molar-refractivity contribution in [3.63, 3.8) is 0 Å². The largest absolute Gasteiger partial charge is 0.506 e. The normalized spacial score (nSPS) is 22.6. The molecule has 3 atom stereocenters. The highest BCUT2D eigenvalue weighted by Gasteiger charge is 2.59. The Morgan fingerprint density at radius 1 is 0.816 bits per heavy atom. The topological polar surface area (TPSA) is 177 Å². The lowest BCUT2D eigenvalue weighted by molar-refractivity contribution is -0.122. The van der Waals surface area contributed by atoms with Gasteiger partial charge in [-0.05, 0) is 29.8 Å². The minimum absolute atomic E-state index is 0.0349. The summed E-state index contributed by atoms with van der Waals surface area (Å²) in [5, 5.41) is 13.7. The number of allylic oxidation sites excluding steroid dienone is 1. The molecule has 3 unspecified atom stereocenters. The lowest BCUT2D eigenvalue weighted by atomic mass is 9.83. The quantitative estimate of drug-likeness (QED) is 0.257. The van der Waals surface area contributed by atoms with E-state index in [2.05, 4.69) is 5.32 Å². The summed E-state index contributed by atoms with van der Waals surface area (Å²) in [6.07, 6.45) is 0. The van der Waals surface area contributed by atoms with Gasteiger partial charge in [-0.2, -0.15) is 0 Å². The van der Waals surface area contributed by atoms with E-state index in [1.54, 1.807) is 48.5 Å². The number of ketones is 1. The van der Waals surface area contributed by atoms with Crippen molar-refractivity contribution in [2.75, 3.05) is 10.2 Å². The second-order valence-corrected chi connectivity index (χ2v) is 9.59. The van der Waals surface area contributed by atoms with Crippen LogP contribution < -0.4 is 27.4 Å². The second-order valence-electron chi connectivity index (χ2n) is 9.59. The third-order valence-electron chi connectivity index (χ3n) is 7.04. The van der Waals surface area contributed by atoms with E-state index >= 15 is 0 Å². The predicted molar refractivity (Wildman–Crippen MR) is 142 cm³/mol. The Labute approximate surface area is 217 Å². The molecule has 0 radical (unpaired) electrons. The Morgan fingerprint density at radius 2 is 1.45 bits per heavy atom. The summed E-state index contributed by atoms with van der Waals surface area (Å²) in [6.45, 7) is 0. The standard InChI is InChI=1S/C28H24N6O4/c29-28(30,31)33-15-10-12-16(13-11-15)34-26(37)19-20(27(34)38)23(32-22(19)14-6-2-1-3-7-14)21-24(35)17-8-4-5-9-18(17)25(21)36/h1-13,19-20,22,33,35H,29-31H2. The van der Waals surface area contributed by atoms with Gasteiger partial charge in [-0.1, -0.05) is 54.6 Å². The van der Waals surface area contributed by atoms with E-state index in [1.165, 1.54) is 0 Å². The number of carbonyl (C=O) groups excluding carboxylic acids is 3. The van der Waals surface area contributed by atoms with Gasteiger partial charge in [0.15, 0.2) is 11.7 Å². The number of aliphatic hydroxyl groups is 1. The second kappa shape index (κ2) is 8.45. The molecule has 8 N–H and O–H groups in total. The molecule has 1 saturated heterocycles. The summed E-state index contributed by atoms with van der Waals surface area (Å²) >= 11 is 0. The van der Waals surface area contributed by atoms with Crippen LogP contribution in [0, 0.1) is 11.8 Å². The first-order valence-corrected chi connectivity index (χ1v) is 12.0. The van der Waals surface area contributed by atoms with E-state index in [0.717, 1.165) is 10.5 Å². The van der Waals surface area contributed by atoms with Crippen LogP contribution in [-0.4, -0.2) is 34.3 Å². The lowest BCUT2D eigenvalue weighted by Gasteiger charge is -2.22. The number of rotatable bonds is 5. The number of hydrogen-bond acceptors (Lipinski definition) is 9. The third-order valence-corrected chi connectivity index (χ3v) is 7.04. The molecule has 0 bridgehead atoms. The molecular formula is C28H24N6O4. The smallest absolute Gasteiger partial charge is 0.243 e. The van der Waals surface area contributed by atoms with Gasteiger partial charge in [-0.15, -0.1) is 0 Å². The van der Waals surface area contributed by atoms with Gasteiger partial charge in [0.2, 0.25) is 11.8 Å². The Balaban J connectivity index is 1.43. The van der Waals surface area contributed by atoms with E-state index in [9.17, 15) is 19.5 Å². The Hall–Kier alpha value is -4.64. The molecule has 1 fully saturated rings. The first-order chi connectivity index (χ1) is 18.2. The maximum atomic E-state index is 13.9. The molecule has 2 aliphatic heterocycles. The number of nitrogens with zero attached hydrogens (tertiary/aromatic N) is 2. The molecule has 190 valence electrons. The molecular weight excluding hydrogens is 484 g/mol. The van der Waals surface area contributed by atoms with Gasteiger partial charge in [0.05, 0.1) is 34.8 Å². The summed E-state index contributed by atoms with van der Waals surface area (Å²) in [5.74, 6) is -5.18. The molecule has 0 spiro atoms. The van der Waals surface area contributed by atoms with Crippen LogP contribution in [-0.2, 0) is 9.59 Å². The lowest BCUT2D eigenvalue weighted by Crippen LogP contribution is -2.64. The Morgan fingerprint density at radius 3 is 2.08 bits per heavy atom. The van der Waals surface area contributed by atoms with Crippen LogP contribution in [0.25, 0.3) is 5.76 Å². The number of aliphatic hydroxyl groups excluding tert-OH is 1. The maximum absolute atomic E-state index is 13.9. The Bertz CT molecular complexity index is 1560. The van der Waals surface area contributed by atoms with Crippen molar-refractivity contribution < 1.29 is 19.5 Å². The average molecular weight is 509 g/mol. The highest BCUT2D eigenvalue weighted by molar-refractivity contribution is 6.42. The summed E-state index contributed by atoms with van der Waals surface area (Å²) in [6, 6.07) is 21.4. The number of aliphatic imine (C=N–C) groups is 1. The van der Waals surface area contributed by atoms with Gasteiger partial charge in [0, 0.05) is 16.8 Å². The number of benzene rings is 3. The SMILES string of the molecule is NC(N)(N)Nc1ccc(N2C(=O)C3C(C4=C(O)c5ccccc5C4=O)=NC(c4ccccc4)C3C2=O)cc1. The van der Waals surface area contributed by atoms with Crippen LogP contribution in [0.5, 0.6) is 0 Å². The van der Waals surface area contributed by atoms with Gasteiger partial charge in [0.1, 0.15) is 5.76 Å². The molecule has 10 heteroatoms. The van der Waals surface area contributed by atoms with E-state index in [-0.39, 0.29) is 17.0 Å². The molecule has 0 aromatic heterocycles. The fourth-order valence-electron chi connectivity index (χ4n) is 5.46. The number of carbonyl (C=O) groups is 3. The first kappa shape index (κ1) is 23.7. The van der Waals surface area contributed by atoms with Gasteiger partial charge in [-0.25, -0.2) is 4.90 Å². The molecule has 10 nitrogen and oxygen atoms in total. The van der Waals surface area contributed by atoms with E-state index in [1.807, 2.05) is 30.3 Å². The molecule has 3 aromatic carbocycles. The van der Waals surface area contributed by atoms with Crippen molar-refractivity contribution in [1.29, 1.82) is 0 Å². The number of nitrogens with one attached hydrogen (secondary N) is 1. The first-order valence-electron chi connectivity index (χ1n) is 12.0. The van der Waals surface area contributed by atoms with Crippen LogP contribution in [0.2, 0.25) is 0 Å². The molecule has 1 aliphatic carbocycles. The van der Waals surface area contributed by atoms with Crippen molar-refractivity contribution in [2.45, 2.75) is 12.0 Å². The highest BCUT2D eigenvalue weighted by Crippen LogP contribution is 2.49. The highest BCUT2D eigenvalue weighted by atomic mass is 16.3. The van der Waals surface area contributed by atoms with Gasteiger partial charge >= 0.3 is 0 Å². The van der Waals surface area contributed by atoms with Crippen LogP contribution >= 0.6 is 0 Å². The van der Waals surface area contributed by atoms with E-state index in [4.69, 9.17) is 22.2 Å². The fraction of sp³-hybridized carbons (Fsp3) is 0.143. The number of Topliss-reactive ketones (excluding diaryl/α,β-unsaturated/α-hetero) is 1. The molecule has 2 amide bonds. The maximum Gasteiger partial charge on any atom is 0.243 e. The van der Waals surface area contributed by atoms with Crippen molar-refractivity contribution >= 4 is 40.4 Å². The van der Waals surface area contributed by atoms with Crippen molar-refractivity contribution in [1.82, 2.24) is 0 Å². The fourth-order valence-corrected chi connectivity index (χ4v) is 5.46. The number of fused-ring (bicyclic) bond motifs is 2. The number of anilines is 2. The predicted octanol–water partition coefficient (Wildman–Crippen LogP) is 2.05. The Kier molecular flexibility index (Phi) is 5.28. The van der Waals surface area contributed by atoms with Crippen LogP contribution in [0.15, 0.2) is 89.4 Å². The zero-order valence-corrected chi connectivity index (χ0v) is 20.0. The molecule has 6 rings (SSSR count). The van der Waals surface area contributed by atoms with E-state index < -0.39 is 41.4 Å². The van der Waals surface area contributed by atoms with Crippen molar-refractivity contribution in [3.05, 3.63) is 101 Å². The van der Waals surface area contributed by atoms with Crippen molar-refractivity contribution in [3.8, 4) is 0 Å². The minimum Gasteiger partial charge on any atom is -0.506 e. The molecule has 2 heterocycles. The summed E-state index contributed by atoms with van der Waals surface area (Å²) in [7, 11) is 0. The summed E-state index contributed by atoms with van der Waals surface area (Å²) in [5.41, 5.74) is 19.1. The molecule has 3 aliphatic rings. The van der Waals surface area contributed by atoms with Gasteiger partial charge in [0.25, 0.3) is 0 Å². The van der Waals surface area contributed by atoms with Gasteiger partial charge in [-0.3, -0.25) is 36.6 Å². The number of imide groups is 1. The summed E-state index contributed by atoms with van der Waals surface area (Å²) in [4.78, 5) is 46.9. The van der Waals surface area contributed by atoms with Crippen molar-refractivity contribution in [2.24, 2.45) is 34.0 Å². The number of amides is 2. The zero-order chi connectivity index (χ0) is 26.8. The van der Waals surface area contributed by atoms with E-state index in [0.29, 0.717) is 22.5 Å². The zero-order valence-electron chi connectivity index (χ0n) is 20.0. The monoisotopic (exact) mass is 508 g/mol. The number of hydrogen-bond donors (Lipinski definition) is 5. The van der Waals surface area contributed by atoms with Crippen LogP contribution in [0.3, 0.4) is 0 Å². The minimum atomic E-state index is -1.65.